The first kappa shape index (κ1) is 27.8. The average Bonchev–Trinajstić information content (AvgIpc) is 3.37. The van der Waals surface area contributed by atoms with Gasteiger partial charge in [0.2, 0.25) is 11.1 Å². The minimum atomic E-state index is -0.556. The summed E-state index contributed by atoms with van der Waals surface area (Å²) in [6.07, 6.45) is 1.54. The maximum absolute atomic E-state index is 13.2. The number of carbonyl (C=O) groups is 1. The van der Waals surface area contributed by atoms with E-state index >= 15 is 0 Å². The van der Waals surface area contributed by atoms with Gasteiger partial charge < -0.3 is 14.8 Å². The molecule has 0 amide bonds. The van der Waals surface area contributed by atoms with Crippen molar-refractivity contribution in [2.45, 2.75) is 30.5 Å². The number of hydrogen-bond acceptors (Lipinski definition) is 7. The number of aromatic nitrogens is 3. The fourth-order valence-corrected chi connectivity index (χ4v) is 5.56. The summed E-state index contributed by atoms with van der Waals surface area (Å²) in [5, 5.41) is 9.68. The van der Waals surface area contributed by atoms with E-state index in [4.69, 9.17) is 42.8 Å². The van der Waals surface area contributed by atoms with E-state index in [1.54, 1.807) is 22.9 Å². The van der Waals surface area contributed by atoms with Crippen molar-refractivity contribution >= 4 is 46.9 Å². The number of thioether (sulfide) groups is 1. The third-order valence-electron chi connectivity index (χ3n) is 6.24. The van der Waals surface area contributed by atoms with Gasteiger partial charge in [-0.15, -0.1) is 5.10 Å². The highest BCUT2D eigenvalue weighted by Gasteiger charge is 2.35. The van der Waals surface area contributed by atoms with Crippen LogP contribution in [0.2, 0.25) is 10.0 Å². The Hall–Kier alpha value is -3.72. The Bertz CT molecular complexity index is 1530. The van der Waals surface area contributed by atoms with Gasteiger partial charge in [-0.3, -0.25) is 0 Å². The quantitative estimate of drug-likeness (QED) is 0.116. The third-order valence-corrected chi connectivity index (χ3v) is 7.85. The van der Waals surface area contributed by atoms with Crippen LogP contribution < -0.4 is 10.1 Å². The molecule has 0 bridgehead atoms. The highest BCUT2D eigenvalue weighted by molar-refractivity contribution is 7.98. The van der Waals surface area contributed by atoms with Crippen molar-refractivity contribution in [3.05, 3.63) is 123 Å². The number of halogens is 2. The van der Waals surface area contributed by atoms with Crippen molar-refractivity contribution in [2.24, 2.45) is 0 Å². The number of rotatable bonds is 10. The van der Waals surface area contributed by atoms with E-state index in [2.05, 4.69) is 24.0 Å². The summed E-state index contributed by atoms with van der Waals surface area (Å²) in [7, 11) is 0. The Kier molecular flexibility index (Phi) is 8.79. The van der Waals surface area contributed by atoms with Crippen molar-refractivity contribution in [3.63, 3.8) is 0 Å². The average molecular weight is 594 g/mol. The minimum Gasteiger partial charge on any atom is -0.489 e. The number of ether oxygens (including phenoxy) is 2. The zero-order valence-electron chi connectivity index (χ0n) is 21.6. The number of allylic oxidation sites excluding steroid dienone is 1. The van der Waals surface area contributed by atoms with Crippen LogP contribution in [-0.4, -0.2) is 27.3 Å². The zero-order valence-corrected chi connectivity index (χ0v) is 24.0. The fourth-order valence-electron chi connectivity index (χ4n) is 4.27. The van der Waals surface area contributed by atoms with Gasteiger partial charge in [-0.05, 0) is 42.3 Å². The van der Waals surface area contributed by atoms with Crippen molar-refractivity contribution in [1.82, 2.24) is 14.8 Å². The molecule has 0 spiro atoms. The van der Waals surface area contributed by atoms with Gasteiger partial charge in [-0.2, -0.15) is 4.98 Å². The summed E-state index contributed by atoms with van der Waals surface area (Å²) in [6.45, 7) is 5.80. The Morgan fingerprint density at radius 2 is 1.80 bits per heavy atom. The minimum absolute atomic E-state index is 0.0993. The Morgan fingerprint density at radius 1 is 1.07 bits per heavy atom. The van der Waals surface area contributed by atoms with Gasteiger partial charge in [-0.25, -0.2) is 9.48 Å². The molecule has 10 heteroatoms. The lowest BCUT2D eigenvalue weighted by Gasteiger charge is -2.28. The predicted molar refractivity (Wildman–Crippen MR) is 159 cm³/mol. The highest BCUT2D eigenvalue weighted by Crippen LogP contribution is 2.38. The number of benzene rings is 3. The molecule has 4 aromatic rings. The van der Waals surface area contributed by atoms with Crippen LogP contribution in [0.1, 0.15) is 29.7 Å². The molecule has 0 saturated carbocycles. The number of fused-ring (bicyclic) bond motifs is 1. The van der Waals surface area contributed by atoms with Gasteiger partial charge in [0.25, 0.3) is 0 Å². The van der Waals surface area contributed by atoms with E-state index in [1.165, 1.54) is 23.4 Å². The van der Waals surface area contributed by atoms with Gasteiger partial charge in [0.1, 0.15) is 25.0 Å². The van der Waals surface area contributed by atoms with E-state index < -0.39 is 12.0 Å². The van der Waals surface area contributed by atoms with Gasteiger partial charge in [-0.1, -0.05) is 96.1 Å². The molecule has 5 rings (SSSR count). The van der Waals surface area contributed by atoms with Crippen LogP contribution in [0.4, 0.5) is 5.95 Å². The molecule has 2 heterocycles. The van der Waals surface area contributed by atoms with E-state index in [0.717, 1.165) is 11.3 Å². The van der Waals surface area contributed by atoms with Crippen molar-refractivity contribution < 1.29 is 14.3 Å². The second-order valence-electron chi connectivity index (χ2n) is 8.95. The lowest BCUT2D eigenvalue weighted by Crippen LogP contribution is -2.29. The molecule has 1 aromatic heterocycles. The molecule has 204 valence electrons. The number of esters is 1. The molecule has 0 radical (unpaired) electrons. The largest absolute Gasteiger partial charge is 0.489 e. The maximum Gasteiger partial charge on any atom is 0.338 e. The number of hydrogen-bond donors (Lipinski definition) is 1. The first-order valence-corrected chi connectivity index (χ1v) is 14.2. The monoisotopic (exact) mass is 592 g/mol. The molecule has 1 aliphatic rings. The molecular weight excluding hydrogens is 567 g/mol. The molecule has 1 N–H and O–H groups in total. The molecule has 1 unspecified atom stereocenters. The molecule has 7 nitrogen and oxygen atoms in total. The van der Waals surface area contributed by atoms with Gasteiger partial charge in [0.05, 0.1) is 5.57 Å². The first-order valence-electron chi connectivity index (χ1n) is 12.5. The van der Waals surface area contributed by atoms with E-state index in [-0.39, 0.29) is 13.2 Å². The lowest BCUT2D eigenvalue weighted by atomic mass is 9.96. The van der Waals surface area contributed by atoms with Crippen LogP contribution >= 0.6 is 35.0 Å². The summed E-state index contributed by atoms with van der Waals surface area (Å²) < 4.78 is 13.1. The molecule has 1 atom stereocenters. The smallest absolute Gasteiger partial charge is 0.338 e. The molecule has 0 aliphatic carbocycles. The van der Waals surface area contributed by atoms with Gasteiger partial charge in [0.15, 0.2) is 0 Å². The standard InChI is InChI=1S/C30H26Cl2N4O3S/c1-3-16-38-28(37)26-19(2)33-29-34-30(40-18-20-8-5-4-6-9-20)35-36(29)27(26)21-12-14-22(15-13-21)39-17-23-24(31)10-7-11-25(23)32/h3-15,27H,1,16-18H2,2H3,(H,33,34,35). The number of nitrogens with one attached hydrogen (secondary N) is 1. The van der Waals surface area contributed by atoms with Crippen LogP contribution in [0.3, 0.4) is 0 Å². The third kappa shape index (κ3) is 6.20. The molecule has 1 aliphatic heterocycles. The van der Waals surface area contributed by atoms with Gasteiger partial charge >= 0.3 is 5.97 Å². The summed E-state index contributed by atoms with van der Waals surface area (Å²) in [5.74, 6) is 1.44. The normalized spacial score (nSPS) is 14.3. The van der Waals surface area contributed by atoms with Crippen molar-refractivity contribution in [2.75, 3.05) is 11.9 Å². The topological polar surface area (TPSA) is 78.3 Å². The summed E-state index contributed by atoms with van der Waals surface area (Å²) in [5.41, 5.74) is 3.79. The first-order chi connectivity index (χ1) is 19.4. The van der Waals surface area contributed by atoms with Crippen LogP contribution in [0, 0.1) is 0 Å². The molecular formula is C30H26Cl2N4O3S. The van der Waals surface area contributed by atoms with Crippen molar-refractivity contribution in [3.8, 4) is 5.75 Å². The number of carbonyl (C=O) groups excluding carboxylic acids is 1. The summed E-state index contributed by atoms with van der Waals surface area (Å²) in [4.78, 5) is 17.9. The summed E-state index contributed by atoms with van der Waals surface area (Å²) in [6, 6.07) is 22.4. The predicted octanol–water partition coefficient (Wildman–Crippen LogP) is 7.47. The Balaban J connectivity index is 1.42. The molecule has 40 heavy (non-hydrogen) atoms. The fraction of sp³-hybridized carbons (Fsp3) is 0.167. The van der Waals surface area contributed by atoms with E-state index in [0.29, 0.717) is 43.7 Å². The highest BCUT2D eigenvalue weighted by atomic mass is 35.5. The van der Waals surface area contributed by atoms with Crippen LogP contribution in [0.5, 0.6) is 5.75 Å². The Morgan fingerprint density at radius 3 is 2.50 bits per heavy atom. The second-order valence-corrected chi connectivity index (χ2v) is 10.7. The van der Waals surface area contributed by atoms with E-state index in [9.17, 15) is 4.79 Å². The summed E-state index contributed by atoms with van der Waals surface area (Å²) >= 11 is 14.1. The van der Waals surface area contributed by atoms with Crippen LogP contribution in [0.25, 0.3) is 0 Å². The zero-order chi connectivity index (χ0) is 28.1. The van der Waals surface area contributed by atoms with E-state index in [1.807, 2.05) is 49.4 Å². The molecule has 0 saturated heterocycles. The van der Waals surface area contributed by atoms with Gasteiger partial charge in [0, 0.05) is 27.1 Å². The second kappa shape index (κ2) is 12.6. The van der Waals surface area contributed by atoms with Crippen LogP contribution in [0.15, 0.2) is 102 Å². The molecule has 3 aromatic carbocycles. The molecule has 0 fully saturated rings. The number of anilines is 1. The lowest BCUT2D eigenvalue weighted by molar-refractivity contribution is -0.138. The maximum atomic E-state index is 13.2. The number of nitrogens with zero attached hydrogens (tertiary/aromatic N) is 3. The van der Waals surface area contributed by atoms with Crippen molar-refractivity contribution in [1.29, 1.82) is 0 Å². The SMILES string of the molecule is C=CCOC(=O)C1=C(C)Nc2nc(SCc3ccccc3)nn2C1c1ccc(OCc2c(Cl)cccc2Cl)cc1. The Labute approximate surface area is 246 Å². The van der Waals surface area contributed by atoms with Crippen LogP contribution in [-0.2, 0) is 21.9 Å².